The van der Waals surface area contributed by atoms with Gasteiger partial charge in [-0.25, -0.2) is 0 Å². The molecule has 0 bridgehead atoms. The maximum atomic E-state index is 14.5. The van der Waals surface area contributed by atoms with Crippen LogP contribution in [0.2, 0.25) is 10.0 Å². The van der Waals surface area contributed by atoms with Gasteiger partial charge >= 0.3 is 0 Å². The number of rotatable bonds is 6. The largest absolute Gasteiger partial charge is 0.394 e. The molecule has 0 unspecified atom stereocenters. The fourth-order valence-corrected chi connectivity index (χ4v) is 6.17. The monoisotopic (exact) mass is 593 g/mol. The van der Waals surface area contributed by atoms with E-state index < -0.39 is 0 Å². The van der Waals surface area contributed by atoms with Crippen molar-refractivity contribution in [3.8, 4) is 11.1 Å². The minimum absolute atomic E-state index is 0.00685. The first-order valence-electron chi connectivity index (χ1n) is 14.0. The predicted molar refractivity (Wildman–Crippen MR) is 166 cm³/mol. The number of fused-ring (bicyclic) bond motifs is 5. The maximum absolute atomic E-state index is 14.5. The Kier molecular flexibility index (Phi) is 9.07. The second-order valence-corrected chi connectivity index (χ2v) is 12.0. The number of aromatic nitrogens is 1. The fraction of sp³-hybridized carbons (Fsp3) is 0.364. The van der Waals surface area contributed by atoms with Crippen molar-refractivity contribution in [1.82, 2.24) is 14.4 Å². The second-order valence-electron chi connectivity index (χ2n) is 11.2. The van der Waals surface area contributed by atoms with Crippen LogP contribution in [-0.2, 0) is 24.9 Å². The van der Waals surface area contributed by atoms with Crippen LogP contribution >= 0.6 is 23.2 Å². The molecule has 1 aliphatic rings. The van der Waals surface area contributed by atoms with Crippen molar-refractivity contribution in [3.63, 3.8) is 0 Å². The van der Waals surface area contributed by atoms with Crippen LogP contribution in [0.15, 0.2) is 66.7 Å². The molecule has 0 radical (unpaired) electrons. The van der Waals surface area contributed by atoms with Gasteiger partial charge in [0.15, 0.2) is 0 Å². The van der Waals surface area contributed by atoms with E-state index in [2.05, 4.69) is 37.1 Å². The number of halogens is 2. The highest BCUT2D eigenvalue weighted by atomic mass is 35.5. The number of hydrogen-bond donors (Lipinski definition) is 1. The molecule has 0 aliphatic carbocycles. The van der Waals surface area contributed by atoms with E-state index in [1.807, 2.05) is 72.0 Å². The number of nitrogens with zero attached hydrogens (tertiary/aromatic N) is 3. The van der Waals surface area contributed by atoms with Crippen molar-refractivity contribution in [1.29, 1.82) is 0 Å². The Labute approximate surface area is 252 Å². The van der Waals surface area contributed by atoms with E-state index in [1.165, 1.54) is 0 Å². The number of aliphatic hydroxyl groups is 1. The summed E-state index contributed by atoms with van der Waals surface area (Å²) in [5.41, 5.74) is 5.61. The van der Waals surface area contributed by atoms with Gasteiger partial charge in [-0.05, 0) is 48.9 Å². The predicted octanol–water partition coefficient (Wildman–Crippen LogP) is 6.64. The number of carbonyl (C=O) groups excluding carboxylic acids is 1. The molecule has 0 saturated carbocycles. The third-order valence-electron chi connectivity index (χ3n) is 8.15. The van der Waals surface area contributed by atoms with Crippen LogP contribution in [0.3, 0.4) is 0 Å². The molecule has 0 fully saturated rings. The highest BCUT2D eigenvalue weighted by Gasteiger charge is 2.33. The molecule has 1 amide bonds. The van der Waals surface area contributed by atoms with Gasteiger partial charge in [-0.15, -0.1) is 0 Å². The number of carbonyl (C=O) groups is 1. The summed E-state index contributed by atoms with van der Waals surface area (Å²) in [5.74, 6) is -0.0979. The van der Waals surface area contributed by atoms with Gasteiger partial charge in [0.05, 0.1) is 35.4 Å². The Morgan fingerprint density at radius 2 is 1.80 bits per heavy atom. The molecule has 41 heavy (non-hydrogen) atoms. The summed E-state index contributed by atoms with van der Waals surface area (Å²) in [5, 5.41) is 12.3. The van der Waals surface area contributed by atoms with Gasteiger partial charge in [-0.2, -0.15) is 0 Å². The van der Waals surface area contributed by atoms with E-state index in [0.29, 0.717) is 42.0 Å². The molecule has 6 nitrogen and oxygen atoms in total. The zero-order chi connectivity index (χ0) is 29.3. The van der Waals surface area contributed by atoms with Gasteiger partial charge in [0.25, 0.3) is 5.91 Å². The summed E-state index contributed by atoms with van der Waals surface area (Å²) < 4.78 is 8.69. The minimum atomic E-state index is -0.360. The first-order valence-corrected chi connectivity index (χ1v) is 14.8. The highest BCUT2D eigenvalue weighted by molar-refractivity contribution is 6.42. The Hall–Kier alpha value is -2.87. The van der Waals surface area contributed by atoms with Crippen LogP contribution in [0.4, 0.5) is 0 Å². The minimum Gasteiger partial charge on any atom is -0.394 e. The lowest BCUT2D eigenvalue weighted by Gasteiger charge is -2.35. The average Bonchev–Trinajstić information content (AvgIpc) is 3.26. The number of hydrogen-bond acceptors (Lipinski definition) is 4. The lowest BCUT2D eigenvalue weighted by molar-refractivity contribution is -0.0242. The molecule has 2 heterocycles. The molecule has 1 aromatic heterocycles. The van der Waals surface area contributed by atoms with Crippen LogP contribution in [0.5, 0.6) is 0 Å². The van der Waals surface area contributed by atoms with Crippen molar-refractivity contribution in [2.45, 2.75) is 39.1 Å². The van der Waals surface area contributed by atoms with Crippen molar-refractivity contribution in [3.05, 3.63) is 93.6 Å². The van der Waals surface area contributed by atoms with Crippen molar-refractivity contribution >= 4 is 40.0 Å². The summed E-state index contributed by atoms with van der Waals surface area (Å²) >= 11 is 12.4. The highest BCUT2D eigenvalue weighted by Crippen LogP contribution is 2.38. The Morgan fingerprint density at radius 1 is 1.07 bits per heavy atom. The van der Waals surface area contributed by atoms with Crippen LogP contribution in [0, 0.1) is 5.92 Å². The van der Waals surface area contributed by atoms with E-state index in [9.17, 15) is 9.90 Å². The number of aliphatic hydroxyl groups excluding tert-OH is 1. The van der Waals surface area contributed by atoms with Crippen LogP contribution in [0.25, 0.3) is 22.0 Å². The zero-order valence-electron chi connectivity index (χ0n) is 24.0. The topological polar surface area (TPSA) is 57.9 Å². The van der Waals surface area contributed by atoms with Crippen LogP contribution in [-0.4, -0.2) is 64.3 Å². The number of aryl methyl sites for hydroxylation is 1. The van der Waals surface area contributed by atoms with Gasteiger partial charge < -0.3 is 19.3 Å². The number of likely N-dealkylation sites (N-methyl/N-ethyl adjacent to an activating group) is 1. The van der Waals surface area contributed by atoms with E-state index in [1.54, 1.807) is 0 Å². The molecule has 1 N–H and O–H groups in total. The first-order chi connectivity index (χ1) is 19.7. The maximum Gasteiger partial charge on any atom is 0.271 e. The van der Waals surface area contributed by atoms with Crippen LogP contribution < -0.4 is 0 Å². The third-order valence-corrected chi connectivity index (χ3v) is 8.89. The summed E-state index contributed by atoms with van der Waals surface area (Å²) in [6.45, 7) is 6.07. The lowest BCUT2D eigenvalue weighted by atomic mass is 9.96. The van der Waals surface area contributed by atoms with E-state index in [4.69, 9.17) is 27.9 Å². The summed E-state index contributed by atoms with van der Waals surface area (Å²) in [4.78, 5) is 18.5. The standard InChI is InChI=1S/C33H37Cl2N3O3/c1-21-16-38(22(2)19-39)33(40)32-31(26-11-7-8-12-29(26)37(32)4)25-10-6-5-9-24(25)20-41-30(21)18-36(3)17-23-13-14-27(34)28(35)15-23/h5-15,21-22,30,39H,16-20H2,1-4H3/t21-,22-,30-/m1/s1. The Morgan fingerprint density at radius 3 is 2.56 bits per heavy atom. The quantitative estimate of drug-likeness (QED) is 0.272. The third kappa shape index (κ3) is 6.04. The number of amides is 1. The number of ether oxygens (including phenoxy) is 1. The molecule has 0 saturated heterocycles. The molecule has 3 atom stereocenters. The number of benzene rings is 3. The fourth-order valence-electron chi connectivity index (χ4n) is 5.85. The van der Waals surface area contributed by atoms with Crippen molar-refractivity contribution in [2.75, 3.05) is 26.7 Å². The molecule has 1 aliphatic heterocycles. The van der Waals surface area contributed by atoms with E-state index in [-0.39, 0.29) is 30.6 Å². The van der Waals surface area contributed by atoms with Gasteiger partial charge in [-0.1, -0.05) is 78.7 Å². The molecule has 3 aromatic carbocycles. The van der Waals surface area contributed by atoms with Crippen molar-refractivity contribution < 1.29 is 14.6 Å². The summed E-state index contributed by atoms with van der Waals surface area (Å²) in [6, 6.07) is 21.6. The first kappa shape index (κ1) is 29.6. The Balaban J connectivity index is 1.55. The second kappa shape index (κ2) is 12.6. The summed E-state index contributed by atoms with van der Waals surface area (Å²) in [7, 11) is 4.00. The van der Waals surface area contributed by atoms with Gasteiger partial charge in [0.2, 0.25) is 0 Å². The summed E-state index contributed by atoms with van der Waals surface area (Å²) in [6.07, 6.45) is -0.171. The van der Waals surface area contributed by atoms with Crippen LogP contribution in [0.1, 0.15) is 35.5 Å². The SMILES string of the molecule is C[C@@H]1CN([C@H](C)CO)C(=O)c2c(c3ccccc3n2C)-c2ccccc2CO[C@@H]1CN(C)Cc1ccc(Cl)c(Cl)c1. The van der Waals surface area contributed by atoms with Gasteiger partial charge in [0.1, 0.15) is 5.69 Å². The molecule has 5 rings (SSSR count). The van der Waals surface area contributed by atoms with E-state index >= 15 is 0 Å². The lowest BCUT2D eigenvalue weighted by Crippen LogP contribution is -2.47. The van der Waals surface area contributed by atoms with Crippen molar-refractivity contribution in [2.24, 2.45) is 13.0 Å². The normalized spacial score (nSPS) is 18.7. The molecule has 216 valence electrons. The zero-order valence-corrected chi connectivity index (χ0v) is 25.5. The smallest absolute Gasteiger partial charge is 0.271 e. The molecular weight excluding hydrogens is 557 g/mol. The molecular formula is C33H37Cl2N3O3. The van der Waals surface area contributed by atoms with Gasteiger partial charge in [-0.3, -0.25) is 9.69 Å². The molecule has 0 spiro atoms. The average molecular weight is 595 g/mol. The molecule has 4 aromatic rings. The van der Waals surface area contributed by atoms with Gasteiger partial charge in [0, 0.05) is 49.1 Å². The number of para-hydroxylation sites is 1. The molecule has 8 heteroatoms. The Bertz CT molecular complexity index is 1550. The van der Waals surface area contributed by atoms with E-state index in [0.717, 1.165) is 33.2 Å².